The molecule has 1 unspecified atom stereocenters. The summed E-state index contributed by atoms with van der Waals surface area (Å²) in [4.78, 5) is 24.2. The highest BCUT2D eigenvalue weighted by atomic mass is 32.2. The molecule has 0 aliphatic rings. The van der Waals surface area contributed by atoms with Crippen molar-refractivity contribution < 1.29 is 18.5 Å². The summed E-state index contributed by atoms with van der Waals surface area (Å²) in [7, 11) is -1.18. The third-order valence-electron chi connectivity index (χ3n) is 3.55. The van der Waals surface area contributed by atoms with E-state index in [1.807, 2.05) is 13.8 Å². The van der Waals surface area contributed by atoms with E-state index >= 15 is 0 Å². The van der Waals surface area contributed by atoms with Crippen molar-refractivity contribution >= 4 is 38.7 Å². The summed E-state index contributed by atoms with van der Waals surface area (Å²) < 4.78 is 17.9. The Hall–Kier alpha value is -2.47. The van der Waals surface area contributed by atoms with E-state index in [1.165, 1.54) is 18.2 Å². The number of hydrogen-bond acceptors (Lipinski definition) is 4. The highest BCUT2D eigenvalue weighted by molar-refractivity contribution is 7.85. The molecule has 3 aromatic rings. The summed E-state index contributed by atoms with van der Waals surface area (Å²) in [6.45, 7) is 3.70. The fourth-order valence-corrected chi connectivity index (χ4v) is 3.33. The number of benzene rings is 2. The van der Waals surface area contributed by atoms with Gasteiger partial charge in [-0.1, -0.05) is 13.8 Å². The van der Waals surface area contributed by atoms with Crippen LogP contribution in [0.3, 0.4) is 0 Å². The molecular formula is C17H14O5S. The smallest absolute Gasteiger partial charge is 0.335 e. The van der Waals surface area contributed by atoms with Crippen LogP contribution in [0.4, 0.5) is 0 Å². The second-order valence-corrected chi connectivity index (χ2v) is 7.46. The predicted octanol–water partition coefficient (Wildman–Crippen LogP) is 3.16. The Kier molecular flexibility index (Phi) is 3.77. The molecule has 3 rings (SSSR count). The summed E-state index contributed by atoms with van der Waals surface area (Å²) in [6, 6.07) is 8.98. The molecule has 1 aromatic heterocycles. The molecule has 0 aliphatic heterocycles. The van der Waals surface area contributed by atoms with Crippen molar-refractivity contribution in [3.8, 4) is 0 Å². The maximum Gasteiger partial charge on any atom is 0.335 e. The largest absolute Gasteiger partial charge is 0.478 e. The molecular weight excluding hydrogens is 316 g/mol. The van der Waals surface area contributed by atoms with Crippen molar-refractivity contribution in [2.24, 2.45) is 0 Å². The van der Waals surface area contributed by atoms with E-state index in [0.29, 0.717) is 21.4 Å². The molecule has 1 N–H and O–H groups in total. The van der Waals surface area contributed by atoms with E-state index in [1.54, 1.807) is 18.2 Å². The van der Waals surface area contributed by atoms with E-state index in [2.05, 4.69) is 0 Å². The predicted molar refractivity (Wildman–Crippen MR) is 88.5 cm³/mol. The SMILES string of the molecule is CC(C)S(=O)c1ccc2c(=O)c3cc(C(=O)O)ccc3oc2c1. The van der Waals surface area contributed by atoms with Gasteiger partial charge in [-0.2, -0.15) is 0 Å². The molecule has 0 amide bonds. The first-order valence-electron chi connectivity index (χ1n) is 7.03. The van der Waals surface area contributed by atoms with Crippen LogP contribution in [-0.4, -0.2) is 20.5 Å². The van der Waals surface area contributed by atoms with Gasteiger partial charge in [0, 0.05) is 10.1 Å². The highest BCUT2D eigenvalue weighted by Crippen LogP contribution is 2.23. The first kappa shape index (κ1) is 15.4. The molecule has 6 heteroatoms. The van der Waals surface area contributed by atoms with Crippen LogP contribution in [-0.2, 0) is 10.8 Å². The van der Waals surface area contributed by atoms with Crippen molar-refractivity contribution in [2.45, 2.75) is 24.0 Å². The Morgan fingerprint density at radius 3 is 2.48 bits per heavy atom. The van der Waals surface area contributed by atoms with E-state index in [4.69, 9.17) is 9.52 Å². The van der Waals surface area contributed by atoms with Crippen LogP contribution < -0.4 is 5.43 Å². The average molecular weight is 330 g/mol. The maximum absolute atomic E-state index is 12.5. The maximum atomic E-state index is 12.5. The zero-order valence-electron chi connectivity index (χ0n) is 12.5. The lowest BCUT2D eigenvalue weighted by Gasteiger charge is -2.07. The number of fused-ring (bicyclic) bond motifs is 2. The van der Waals surface area contributed by atoms with Gasteiger partial charge in [0.05, 0.1) is 27.1 Å². The van der Waals surface area contributed by atoms with Gasteiger partial charge in [0.2, 0.25) is 5.43 Å². The summed E-state index contributed by atoms with van der Waals surface area (Å²) >= 11 is 0. The molecule has 0 radical (unpaired) electrons. The van der Waals surface area contributed by atoms with Crippen LogP contribution in [0.15, 0.2) is 50.5 Å². The second kappa shape index (κ2) is 5.62. The first-order valence-corrected chi connectivity index (χ1v) is 8.24. The van der Waals surface area contributed by atoms with Crippen molar-refractivity contribution in [3.05, 3.63) is 52.2 Å². The van der Waals surface area contributed by atoms with Gasteiger partial charge in [0.15, 0.2) is 0 Å². The number of carboxylic acid groups (broad SMARTS) is 1. The number of aromatic carboxylic acids is 1. The Labute approximate surface area is 134 Å². The van der Waals surface area contributed by atoms with Gasteiger partial charge < -0.3 is 9.52 Å². The molecule has 0 aliphatic carbocycles. The summed E-state index contributed by atoms with van der Waals surface area (Å²) in [5.74, 6) is -1.10. The molecule has 2 aromatic carbocycles. The Balaban J connectivity index is 2.29. The lowest BCUT2D eigenvalue weighted by atomic mass is 10.1. The second-order valence-electron chi connectivity index (χ2n) is 5.45. The summed E-state index contributed by atoms with van der Waals surface area (Å²) in [5.41, 5.74) is 0.380. The molecule has 1 heterocycles. The van der Waals surface area contributed by atoms with Crippen LogP contribution in [0.2, 0.25) is 0 Å². The summed E-state index contributed by atoms with van der Waals surface area (Å²) in [5, 5.41) is 9.54. The van der Waals surface area contributed by atoms with Gasteiger partial charge in [-0.25, -0.2) is 4.79 Å². The molecule has 0 saturated heterocycles. The molecule has 5 nitrogen and oxygen atoms in total. The van der Waals surface area contributed by atoms with Gasteiger partial charge in [0.1, 0.15) is 11.2 Å². The van der Waals surface area contributed by atoms with Crippen molar-refractivity contribution in [3.63, 3.8) is 0 Å². The molecule has 118 valence electrons. The van der Waals surface area contributed by atoms with E-state index < -0.39 is 16.8 Å². The lowest BCUT2D eigenvalue weighted by Crippen LogP contribution is -2.07. The van der Waals surface area contributed by atoms with Gasteiger partial charge in [0.25, 0.3) is 0 Å². The highest BCUT2D eigenvalue weighted by Gasteiger charge is 2.14. The minimum atomic E-state index is -1.18. The lowest BCUT2D eigenvalue weighted by molar-refractivity contribution is 0.0697. The third kappa shape index (κ3) is 2.66. The van der Waals surface area contributed by atoms with Crippen LogP contribution >= 0.6 is 0 Å². The minimum Gasteiger partial charge on any atom is -0.478 e. The van der Waals surface area contributed by atoms with Crippen LogP contribution in [0.25, 0.3) is 21.9 Å². The normalized spacial score (nSPS) is 12.8. The number of rotatable bonds is 3. The molecule has 0 fully saturated rings. The Morgan fingerprint density at radius 2 is 1.83 bits per heavy atom. The van der Waals surface area contributed by atoms with Crippen molar-refractivity contribution in [1.82, 2.24) is 0 Å². The Morgan fingerprint density at radius 1 is 1.09 bits per heavy atom. The molecule has 23 heavy (non-hydrogen) atoms. The minimum absolute atomic E-state index is 0.0293. The van der Waals surface area contributed by atoms with E-state index in [0.717, 1.165) is 0 Å². The van der Waals surface area contributed by atoms with E-state index in [-0.39, 0.29) is 21.6 Å². The zero-order valence-corrected chi connectivity index (χ0v) is 13.3. The Bertz CT molecular complexity index is 1020. The fraction of sp³-hybridized carbons (Fsp3) is 0.176. The van der Waals surface area contributed by atoms with Gasteiger partial charge in [-0.15, -0.1) is 0 Å². The molecule has 0 saturated carbocycles. The zero-order chi connectivity index (χ0) is 16.7. The van der Waals surface area contributed by atoms with Crippen LogP contribution in [0.5, 0.6) is 0 Å². The fourth-order valence-electron chi connectivity index (χ4n) is 2.37. The van der Waals surface area contributed by atoms with Crippen molar-refractivity contribution in [2.75, 3.05) is 0 Å². The van der Waals surface area contributed by atoms with Gasteiger partial charge >= 0.3 is 5.97 Å². The van der Waals surface area contributed by atoms with Gasteiger partial charge in [-0.3, -0.25) is 9.00 Å². The standard InChI is InChI=1S/C17H14O5S/c1-9(2)23(21)11-4-5-12-15(8-11)22-14-6-3-10(17(19)20)7-13(14)16(12)18/h3-9H,1-2H3,(H,19,20). The summed E-state index contributed by atoms with van der Waals surface area (Å²) in [6.07, 6.45) is 0. The van der Waals surface area contributed by atoms with Crippen LogP contribution in [0, 0.1) is 0 Å². The molecule has 1 atom stereocenters. The molecule has 0 bridgehead atoms. The van der Waals surface area contributed by atoms with E-state index in [9.17, 15) is 13.8 Å². The quantitative estimate of drug-likeness (QED) is 0.746. The average Bonchev–Trinajstić information content (AvgIpc) is 2.53. The monoisotopic (exact) mass is 330 g/mol. The van der Waals surface area contributed by atoms with Crippen molar-refractivity contribution in [1.29, 1.82) is 0 Å². The number of hydrogen-bond donors (Lipinski definition) is 1. The first-order chi connectivity index (χ1) is 10.9. The number of carboxylic acids is 1. The third-order valence-corrected chi connectivity index (χ3v) is 5.12. The number of carbonyl (C=O) groups is 1. The van der Waals surface area contributed by atoms with Gasteiger partial charge in [-0.05, 0) is 36.4 Å². The molecule has 0 spiro atoms. The topological polar surface area (TPSA) is 84.6 Å². The van der Waals surface area contributed by atoms with Crippen LogP contribution in [0.1, 0.15) is 24.2 Å².